The SMILES string of the molecule is COc1cc(NC(C)CCCNC(=O)[C@@H](N)CCCCN)c2nc(C(C)(C)C)ccc2c1. The van der Waals surface area contributed by atoms with Crippen LogP contribution in [0.3, 0.4) is 0 Å². The van der Waals surface area contributed by atoms with Crippen molar-refractivity contribution in [3.8, 4) is 5.75 Å². The van der Waals surface area contributed by atoms with Crippen LogP contribution in [0.2, 0.25) is 0 Å². The monoisotopic (exact) mass is 443 g/mol. The van der Waals surface area contributed by atoms with Crippen molar-refractivity contribution in [1.82, 2.24) is 10.3 Å². The first-order valence-electron chi connectivity index (χ1n) is 11.6. The molecule has 2 atom stereocenters. The summed E-state index contributed by atoms with van der Waals surface area (Å²) in [7, 11) is 1.68. The number of nitrogens with zero attached hydrogens (tertiary/aromatic N) is 1. The highest BCUT2D eigenvalue weighted by Crippen LogP contribution is 2.31. The summed E-state index contributed by atoms with van der Waals surface area (Å²) < 4.78 is 5.49. The quantitative estimate of drug-likeness (QED) is 0.372. The second-order valence-corrected chi connectivity index (χ2v) is 9.56. The number of ether oxygens (including phenoxy) is 1. The van der Waals surface area contributed by atoms with Crippen LogP contribution in [0.1, 0.15) is 65.5 Å². The first kappa shape index (κ1) is 25.9. The van der Waals surface area contributed by atoms with E-state index < -0.39 is 6.04 Å². The van der Waals surface area contributed by atoms with Gasteiger partial charge in [-0.3, -0.25) is 9.78 Å². The summed E-state index contributed by atoms with van der Waals surface area (Å²) in [6.07, 6.45) is 4.21. The molecular formula is C25H41N5O2. The zero-order chi connectivity index (χ0) is 23.7. The summed E-state index contributed by atoms with van der Waals surface area (Å²) in [5.74, 6) is 0.716. The molecule has 0 saturated heterocycles. The van der Waals surface area contributed by atoms with Gasteiger partial charge in [0.1, 0.15) is 5.75 Å². The lowest BCUT2D eigenvalue weighted by Crippen LogP contribution is -2.41. The summed E-state index contributed by atoms with van der Waals surface area (Å²) in [5, 5.41) is 7.58. The molecule has 0 aliphatic carbocycles. The number of hydrogen-bond donors (Lipinski definition) is 4. The Bertz CT molecular complexity index is 878. The van der Waals surface area contributed by atoms with Gasteiger partial charge in [0, 0.05) is 35.1 Å². The number of pyridine rings is 1. The molecule has 32 heavy (non-hydrogen) atoms. The number of nitrogens with one attached hydrogen (secondary N) is 2. The van der Waals surface area contributed by atoms with Crippen molar-refractivity contribution in [3.63, 3.8) is 0 Å². The smallest absolute Gasteiger partial charge is 0.236 e. The van der Waals surface area contributed by atoms with Crippen LogP contribution in [0.4, 0.5) is 5.69 Å². The van der Waals surface area contributed by atoms with Gasteiger partial charge in [-0.15, -0.1) is 0 Å². The predicted octanol–water partition coefficient (Wildman–Crippen LogP) is 3.69. The Morgan fingerprint density at radius 1 is 1.16 bits per heavy atom. The topological polar surface area (TPSA) is 115 Å². The van der Waals surface area contributed by atoms with Crippen LogP contribution < -0.4 is 26.8 Å². The van der Waals surface area contributed by atoms with E-state index in [1.807, 2.05) is 12.1 Å². The molecule has 2 aromatic rings. The minimum Gasteiger partial charge on any atom is -0.497 e. The molecule has 178 valence electrons. The molecule has 6 N–H and O–H groups in total. The number of fused-ring (bicyclic) bond motifs is 1. The van der Waals surface area contributed by atoms with Crippen molar-refractivity contribution in [2.45, 2.75) is 77.3 Å². The van der Waals surface area contributed by atoms with Crippen LogP contribution in [0, 0.1) is 0 Å². The van der Waals surface area contributed by atoms with Gasteiger partial charge >= 0.3 is 0 Å². The number of anilines is 1. The zero-order valence-electron chi connectivity index (χ0n) is 20.3. The Hall–Kier alpha value is -2.38. The van der Waals surface area contributed by atoms with E-state index in [1.54, 1.807) is 7.11 Å². The van der Waals surface area contributed by atoms with Crippen LogP contribution in [0.15, 0.2) is 24.3 Å². The standard InChI is InChI=1S/C25H41N5O2/c1-17(9-8-14-28-24(31)20(27)10-6-7-13-26)29-21-16-19(32-5)15-18-11-12-22(25(2,3)4)30-23(18)21/h11-12,15-17,20,29H,6-10,13-14,26-27H2,1-5H3,(H,28,31)/t17?,20-/m0/s1. The fourth-order valence-electron chi connectivity index (χ4n) is 3.58. The molecule has 1 aromatic heterocycles. The molecule has 1 amide bonds. The molecule has 0 bridgehead atoms. The predicted molar refractivity (Wildman–Crippen MR) is 133 cm³/mol. The van der Waals surface area contributed by atoms with E-state index in [-0.39, 0.29) is 17.4 Å². The highest BCUT2D eigenvalue weighted by Gasteiger charge is 2.18. The van der Waals surface area contributed by atoms with Crippen molar-refractivity contribution >= 4 is 22.5 Å². The van der Waals surface area contributed by atoms with E-state index in [0.29, 0.717) is 19.5 Å². The zero-order valence-corrected chi connectivity index (χ0v) is 20.3. The van der Waals surface area contributed by atoms with E-state index in [0.717, 1.165) is 53.7 Å². The number of hydrogen-bond acceptors (Lipinski definition) is 6. The lowest BCUT2D eigenvalue weighted by atomic mass is 9.91. The number of carbonyl (C=O) groups excluding carboxylic acids is 1. The molecule has 1 unspecified atom stereocenters. The minimum absolute atomic E-state index is 0.0274. The molecule has 0 saturated carbocycles. The number of methoxy groups -OCH3 is 1. The fourth-order valence-corrected chi connectivity index (χ4v) is 3.58. The number of amides is 1. The van der Waals surface area contributed by atoms with E-state index in [4.69, 9.17) is 21.2 Å². The van der Waals surface area contributed by atoms with Crippen molar-refractivity contribution in [2.24, 2.45) is 11.5 Å². The third-order valence-electron chi connectivity index (χ3n) is 5.59. The number of rotatable bonds is 12. The molecule has 1 aromatic carbocycles. The third-order valence-corrected chi connectivity index (χ3v) is 5.59. The maximum Gasteiger partial charge on any atom is 0.236 e. The first-order chi connectivity index (χ1) is 15.2. The highest BCUT2D eigenvalue weighted by atomic mass is 16.5. The van der Waals surface area contributed by atoms with Crippen molar-refractivity contribution in [2.75, 3.05) is 25.5 Å². The molecule has 0 aliphatic rings. The van der Waals surface area contributed by atoms with Gasteiger partial charge in [-0.25, -0.2) is 0 Å². The van der Waals surface area contributed by atoms with E-state index in [9.17, 15) is 4.79 Å². The molecule has 0 spiro atoms. The van der Waals surface area contributed by atoms with E-state index >= 15 is 0 Å². The summed E-state index contributed by atoms with van der Waals surface area (Å²) in [6, 6.07) is 7.95. The number of aromatic nitrogens is 1. The van der Waals surface area contributed by atoms with Gasteiger partial charge in [0.25, 0.3) is 0 Å². The fraction of sp³-hybridized carbons (Fsp3) is 0.600. The summed E-state index contributed by atoms with van der Waals surface area (Å²) in [4.78, 5) is 17.0. The third kappa shape index (κ3) is 7.64. The highest BCUT2D eigenvalue weighted by molar-refractivity contribution is 5.92. The summed E-state index contributed by atoms with van der Waals surface area (Å²) >= 11 is 0. The van der Waals surface area contributed by atoms with Gasteiger partial charge in [0.2, 0.25) is 5.91 Å². The average Bonchev–Trinajstić information content (AvgIpc) is 2.75. The Labute approximate surface area is 192 Å². The lowest BCUT2D eigenvalue weighted by molar-refractivity contribution is -0.122. The van der Waals surface area contributed by atoms with E-state index in [1.165, 1.54) is 0 Å². The second-order valence-electron chi connectivity index (χ2n) is 9.56. The minimum atomic E-state index is -0.455. The van der Waals surface area contributed by atoms with Gasteiger partial charge in [-0.1, -0.05) is 33.3 Å². The van der Waals surface area contributed by atoms with Gasteiger partial charge < -0.3 is 26.8 Å². The van der Waals surface area contributed by atoms with E-state index in [2.05, 4.69) is 50.5 Å². The van der Waals surface area contributed by atoms with Crippen LogP contribution in [0.25, 0.3) is 10.9 Å². The van der Waals surface area contributed by atoms with Gasteiger partial charge in [-0.05, 0) is 51.3 Å². The Morgan fingerprint density at radius 2 is 1.91 bits per heavy atom. The van der Waals surface area contributed by atoms with Crippen LogP contribution >= 0.6 is 0 Å². The van der Waals surface area contributed by atoms with Crippen LogP contribution in [-0.2, 0) is 10.2 Å². The molecule has 0 fully saturated rings. The molecule has 2 rings (SSSR count). The van der Waals surface area contributed by atoms with Crippen LogP contribution in [0.5, 0.6) is 5.75 Å². The normalized spacial score (nSPS) is 13.6. The molecule has 0 aliphatic heterocycles. The van der Waals surface area contributed by atoms with Crippen molar-refractivity contribution < 1.29 is 9.53 Å². The largest absolute Gasteiger partial charge is 0.497 e. The van der Waals surface area contributed by atoms with Crippen LogP contribution in [-0.4, -0.2) is 43.2 Å². The molecule has 7 heteroatoms. The van der Waals surface area contributed by atoms with Crippen molar-refractivity contribution in [3.05, 3.63) is 30.0 Å². The molecule has 1 heterocycles. The number of benzene rings is 1. The Balaban J connectivity index is 1.96. The number of carbonyl (C=O) groups is 1. The molecule has 7 nitrogen and oxygen atoms in total. The van der Waals surface area contributed by atoms with Gasteiger partial charge in [0.05, 0.1) is 24.4 Å². The number of nitrogens with two attached hydrogens (primary N) is 2. The van der Waals surface area contributed by atoms with Crippen molar-refractivity contribution in [1.29, 1.82) is 0 Å². The lowest BCUT2D eigenvalue weighted by Gasteiger charge is -2.21. The Kier molecular flexibility index (Phi) is 9.72. The van der Waals surface area contributed by atoms with Gasteiger partial charge in [-0.2, -0.15) is 0 Å². The first-order valence-corrected chi connectivity index (χ1v) is 11.6. The van der Waals surface area contributed by atoms with Gasteiger partial charge in [0.15, 0.2) is 0 Å². The second kappa shape index (κ2) is 12.0. The maximum absolute atomic E-state index is 12.1. The average molecular weight is 444 g/mol. The summed E-state index contributed by atoms with van der Waals surface area (Å²) in [6.45, 7) is 9.88. The number of unbranched alkanes of at least 4 members (excludes halogenated alkanes) is 1. The summed E-state index contributed by atoms with van der Waals surface area (Å²) in [5.41, 5.74) is 14.4. The Morgan fingerprint density at radius 3 is 2.56 bits per heavy atom. The molecule has 0 radical (unpaired) electrons. The maximum atomic E-state index is 12.1. The molecular weight excluding hydrogens is 402 g/mol.